The molecule has 5 heteroatoms. The summed E-state index contributed by atoms with van der Waals surface area (Å²) >= 11 is 0. The van der Waals surface area contributed by atoms with Gasteiger partial charge in [-0.3, -0.25) is 0 Å². The van der Waals surface area contributed by atoms with Gasteiger partial charge in [-0.05, 0) is 248 Å². The van der Waals surface area contributed by atoms with Crippen molar-refractivity contribution in [3.63, 3.8) is 0 Å². The summed E-state index contributed by atoms with van der Waals surface area (Å²) < 4.78 is 12.2. The molecule has 0 saturated heterocycles. The summed E-state index contributed by atoms with van der Waals surface area (Å²) in [4.78, 5) is 0. The third kappa shape index (κ3) is 14.9. The molecular weight excluding hydrogens is 1330 g/mol. The molecule has 10 aliphatic rings. The lowest BCUT2D eigenvalue weighted by Gasteiger charge is -2.33. The molecule has 5 aromatic carbocycles. The summed E-state index contributed by atoms with van der Waals surface area (Å²) in [5.41, 5.74) is 39.4. The Morgan fingerprint density at radius 1 is 0.245 bits per heavy atom. The molecule has 5 aromatic heterocycles. The molecule has 5 fully saturated rings. The predicted molar refractivity (Wildman–Crippen MR) is 454 cm³/mol. The van der Waals surface area contributed by atoms with Gasteiger partial charge in [-0.15, -0.1) is 0 Å². The van der Waals surface area contributed by atoms with Gasteiger partial charge in [0.05, 0.1) is 5.41 Å². The Kier molecular flexibility index (Phi) is 22.2. The molecule has 10 aliphatic carbocycles. The van der Waals surface area contributed by atoms with Crippen molar-refractivity contribution in [2.45, 2.75) is 276 Å². The molecule has 0 aliphatic heterocycles. The average molecular weight is 1460 g/mol. The molecular formula is C105H130N5+5. The first kappa shape index (κ1) is 75.9. The van der Waals surface area contributed by atoms with Crippen LogP contribution >= 0.6 is 0 Å². The number of pyridine rings is 5. The number of rotatable bonds is 5. The first-order valence-electron chi connectivity index (χ1n) is 43.9. The first-order chi connectivity index (χ1) is 53.5. The molecule has 0 amide bonds. The Labute approximate surface area is 662 Å². The Morgan fingerprint density at radius 3 is 1.08 bits per heavy atom. The molecule has 0 bridgehead atoms. The van der Waals surface area contributed by atoms with E-state index in [1.807, 2.05) is 0 Å². The highest BCUT2D eigenvalue weighted by atomic mass is 15.0. The van der Waals surface area contributed by atoms with Gasteiger partial charge in [0.15, 0.2) is 29.5 Å². The Balaban J connectivity index is 0.000000104. The lowest BCUT2D eigenvalue weighted by atomic mass is 9.70. The van der Waals surface area contributed by atoms with E-state index in [1.54, 1.807) is 56.0 Å². The summed E-state index contributed by atoms with van der Waals surface area (Å²) in [6.45, 7) is 11.1. The minimum Gasteiger partial charge on any atom is -0.201 e. The van der Waals surface area contributed by atoms with Gasteiger partial charge in [0.25, 0.3) is 0 Å². The van der Waals surface area contributed by atoms with Crippen molar-refractivity contribution in [2.75, 3.05) is 0 Å². The molecule has 0 radical (unpaired) electrons. The van der Waals surface area contributed by atoms with Gasteiger partial charge < -0.3 is 0 Å². The molecule has 570 valence electrons. The smallest absolute Gasteiger partial charge is 0.201 e. The summed E-state index contributed by atoms with van der Waals surface area (Å²) in [6.07, 6.45) is 53.6. The van der Waals surface area contributed by atoms with Crippen LogP contribution in [0.15, 0.2) is 182 Å². The minimum absolute atomic E-state index is 0.473. The molecule has 5 nitrogen and oxygen atoms in total. The number of aromatic nitrogens is 5. The summed E-state index contributed by atoms with van der Waals surface area (Å²) in [5.74, 6) is 0. The highest BCUT2D eigenvalue weighted by Gasteiger charge is 2.49. The molecule has 20 rings (SSSR count). The van der Waals surface area contributed by atoms with Crippen LogP contribution < -0.4 is 22.8 Å². The third-order valence-corrected chi connectivity index (χ3v) is 30.2. The summed E-state index contributed by atoms with van der Waals surface area (Å²) in [7, 11) is 11.2. The topological polar surface area (TPSA) is 19.4 Å². The van der Waals surface area contributed by atoms with E-state index >= 15 is 0 Å². The fraction of sp³-hybridized carbons (Fsp3) is 0.476. The molecule has 5 heterocycles. The third-order valence-electron chi connectivity index (χ3n) is 30.2. The van der Waals surface area contributed by atoms with Gasteiger partial charge >= 0.3 is 0 Å². The molecule has 110 heavy (non-hydrogen) atoms. The molecule has 5 spiro atoms. The predicted octanol–water partition coefficient (Wildman–Crippen LogP) is 23.0. The zero-order chi connectivity index (χ0) is 75.8. The van der Waals surface area contributed by atoms with Crippen molar-refractivity contribution >= 4 is 0 Å². The molecule has 0 atom stereocenters. The second-order valence-electron chi connectivity index (χ2n) is 37.0. The van der Waals surface area contributed by atoms with Crippen molar-refractivity contribution in [3.8, 4) is 56.3 Å². The summed E-state index contributed by atoms with van der Waals surface area (Å²) in [6, 6.07) is 63.0. The Bertz CT molecular complexity index is 4880. The highest BCUT2D eigenvalue weighted by molar-refractivity contribution is 5.66. The Hall–Kier alpha value is -8.15. The standard InChI is InChI=1S/5C21H26N/c1-16-8-4-5-9-18(16)19-11-10-17-12-15-21(20(17)22(19)2)13-6-3-7-14-21;1-16-8-4-5-9-17(16)19-11-10-18-20(22(19)2)12-15-21(18)13-6-3-7-14-21;1-16-8-4-5-9-18(16)19-11-10-17-14-21(12-6-3-7-13-21)15-20(17)22(19)2;1-16-8-4-5-9-18(16)20-14-17-10-13-21(11-6-3-7-12-21)19(17)15-22(20)2;1-16-8-4-5-9-19(16)20-12-17-13-21(10-6-3-7-11-21)14-18(17)15-22(20)2/h3*4-5,8-11H,3,6-7,12-15H2,1-2H3;4-5,8-9,14-15H,3,6-7,10-13H2,1-2H3;4-5,8-9,12,15H,3,6-7,10-11,13-14H2,1-2H3/q5*+1. The Morgan fingerprint density at radius 2 is 0.591 bits per heavy atom. The van der Waals surface area contributed by atoms with E-state index < -0.39 is 0 Å². The zero-order valence-corrected chi connectivity index (χ0v) is 69.3. The molecule has 5 saturated carbocycles. The lowest BCUT2D eigenvalue weighted by molar-refractivity contribution is -0.672. The number of hydrogen-bond donors (Lipinski definition) is 0. The van der Waals surface area contributed by atoms with Crippen molar-refractivity contribution in [1.29, 1.82) is 0 Å². The van der Waals surface area contributed by atoms with Crippen molar-refractivity contribution in [3.05, 3.63) is 266 Å². The van der Waals surface area contributed by atoms with Crippen LogP contribution in [-0.4, -0.2) is 0 Å². The van der Waals surface area contributed by atoms with Crippen molar-refractivity contribution in [2.24, 2.45) is 46.1 Å². The first-order valence-corrected chi connectivity index (χ1v) is 43.9. The number of benzene rings is 5. The normalized spacial score (nSPS) is 19.4. The maximum atomic E-state index is 2.52. The number of fused-ring (bicyclic) bond motifs is 8. The summed E-state index contributed by atoms with van der Waals surface area (Å²) in [5, 5.41) is 0. The van der Waals surface area contributed by atoms with E-state index in [4.69, 9.17) is 0 Å². The highest BCUT2D eigenvalue weighted by Crippen LogP contribution is 2.53. The number of nitrogens with zero attached hydrogens (tertiary/aromatic N) is 5. The molecule has 0 unspecified atom stereocenters. The van der Waals surface area contributed by atoms with Gasteiger partial charge in [0.2, 0.25) is 28.5 Å². The van der Waals surface area contributed by atoms with Crippen LogP contribution in [0.3, 0.4) is 0 Å². The van der Waals surface area contributed by atoms with Crippen molar-refractivity contribution < 1.29 is 22.8 Å². The minimum atomic E-state index is 0.473. The lowest BCUT2D eigenvalue weighted by Crippen LogP contribution is -2.44. The van der Waals surface area contributed by atoms with E-state index in [-0.39, 0.29) is 0 Å². The molecule has 10 aromatic rings. The zero-order valence-electron chi connectivity index (χ0n) is 69.3. The van der Waals surface area contributed by atoms with Crippen LogP contribution in [0.1, 0.15) is 264 Å². The van der Waals surface area contributed by atoms with Gasteiger partial charge in [0, 0.05) is 110 Å². The van der Waals surface area contributed by atoms with E-state index in [9.17, 15) is 0 Å². The maximum Gasteiger partial charge on any atom is 0.212 e. The van der Waals surface area contributed by atoms with Crippen molar-refractivity contribution in [1.82, 2.24) is 0 Å². The second-order valence-corrected chi connectivity index (χ2v) is 37.0. The van der Waals surface area contributed by atoms with Crippen LogP contribution in [0.25, 0.3) is 56.3 Å². The quantitative estimate of drug-likeness (QED) is 0.153. The van der Waals surface area contributed by atoms with Crippen LogP contribution in [0.5, 0.6) is 0 Å². The van der Waals surface area contributed by atoms with Crippen LogP contribution in [0.4, 0.5) is 0 Å². The second kappa shape index (κ2) is 32.1. The van der Waals surface area contributed by atoms with Crippen LogP contribution in [0, 0.1) is 45.4 Å². The fourth-order valence-electron chi connectivity index (χ4n) is 24.0. The van der Waals surface area contributed by atoms with Gasteiger partial charge in [-0.1, -0.05) is 187 Å². The van der Waals surface area contributed by atoms with E-state index in [2.05, 4.69) is 275 Å². The largest absolute Gasteiger partial charge is 0.212 e. The van der Waals surface area contributed by atoms with Crippen LogP contribution in [0.2, 0.25) is 0 Å². The van der Waals surface area contributed by atoms with Gasteiger partial charge in [0.1, 0.15) is 35.2 Å². The van der Waals surface area contributed by atoms with Gasteiger partial charge in [-0.25, -0.2) is 9.13 Å². The van der Waals surface area contributed by atoms with Gasteiger partial charge in [-0.2, -0.15) is 13.7 Å². The number of hydrogen-bond acceptors (Lipinski definition) is 0. The van der Waals surface area contributed by atoms with E-state index in [0.29, 0.717) is 27.1 Å². The fourth-order valence-corrected chi connectivity index (χ4v) is 24.0. The number of aryl methyl sites for hydroxylation is 9. The average Bonchev–Trinajstić information content (AvgIpc) is 1.57. The molecule has 0 N–H and O–H groups in total. The SMILES string of the molecule is Cc1ccccc1-c1cc2c(c[n+]1C)C1(CCCCC1)CC2.Cc1ccccc1-c1cc2c(c[n+]1C)CC1(CCCCC1)C2.Cc1ccccc1-c1ccc2c([n+]1C)C1(CCCCC1)CC2.Cc1ccccc1-c1ccc2c([n+]1C)CC1(CCCCC1)C2.Cc1ccccc1-c1ccc2c([n+]1C)CCC21CCCCC1. The van der Waals surface area contributed by atoms with E-state index in [0.717, 1.165) is 0 Å². The van der Waals surface area contributed by atoms with Crippen LogP contribution in [-0.2, 0) is 96.4 Å². The monoisotopic (exact) mass is 1460 g/mol. The van der Waals surface area contributed by atoms with E-state index in [1.165, 1.54) is 309 Å². The maximum absolute atomic E-state index is 2.52.